The van der Waals surface area contributed by atoms with E-state index in [0.717, 1.165) is 23.2 Å². The number of aldehydes is 1. The molecule has 2 rings (SSSR count). The van der Waals surface area contributed by atoms with Crippen LogP contribution in [0.1, 0.15) is 5.56 Å². The largest absolute Gasteiger partial charge is 0.356 e. The molecule has 0 heterocycles. The number of benzene rings is 2. The minimum Gasteiger partial charge on any atom is -0.356 e. The highest BCUT2D eigenvalue weighted by Gasteiger charge is 1.93. The normalized spacial score (nSPS) is 10.4. The minimum atomic E-state index is 0.774. The third-order valence-electron chi connectivity index (χ3n) is 2.34. The predicted octanol–water partition coefficient (Wildman–Crippen LogP) is 3.64. The quantitative estimate of drug-likeness (QED) is 0.633. The van der Waals surface area contributed by atoms with Crippen molar-refractivity contribution in [2.24, 2.45) is 0 Å². The Bertz CT molecular complexity index is 500. The van der Waals surface area contributed by atoms with Crippen molar-refractivity contribution < 1.29 is 4.79 Å². The number of rotatable bonds is 4. The highest BCUT2D eigenvalue weighted by atomic mass is 16.1. The predicted molar refractivity (Wildman–Crippen MR) is 71.3 cm³/mol. The minimum absolute atomic E-state index is 0.774. The summed E-state index contributed by atoms with van der Waals surface area (Å²) in [5.41, 5.74) is 3.10. The van der Waals surface area contributed by atoms with E-state index in [9.17, 15) is 4.79 Å². The summed E-state index contributed by atoms with van der Waals surface area (Å²) in [5, 5.41) is 3.29. The van der Waals surface area contributed by atoms with Crippen molar-refractivity contribution in [1.29, 1.82) is 0 Å². The van der Waals surface area contributed by atoms with E-state index in [-0.39, 0.29) is 0 Å². The maximum absolute atomic E-state index is 10.2. The van der Waals surface area contributed by atoms with E-state index in [1.54, 1.807) is 6.08 Å². The first kappa shape index (κ1) is 11.1. The van der Waals surface area contributed by atoms with Crippen molar-refractivity contribution in [3.8, 4) is 0 Å². The summed E-state index contributed by atoms with van der Waals surface area (Å²) in [6.45, 7) is 0. The van der Waals surface area contributed by atoms with Gasteiger partial charge < -0.3 is 5.32 Å². The molecule has 0 aliphatic heterocycles. The molecule has 84 valence electrons. The summed E-state index contributed by atoms with van der Waals surface area (Å²) in [6, 6.07) is 17.9. The first-order valence-electron chi connectivity index (χ1n) is 5.42. The molecular weight excluding hydrogens is 210 g/mol. The molecule has 0 fully saturated rings. The lowest BCUT2D eigenvalue weighted by atomic mass is 10.2. The molecule has 2 heteroatoms. The number of hydrogen-bond donors (Lipinski definition) is 1. The molecule has 0 saturated carbocycles. The number of hydrogen-bond acceptors (Lipinski definition) is 2. The topological polar surface area (TPSA) is 29.1 Å². The van der Waals surface area contributed by atoms with Gasteiger partial charge in [-0.1, -0.05) is 36.4 Å². The van der Waals surface area contributed by atoms with Crippen LogP contribution in [0.15, 0.2) is 60.7 Å². The highest BCUT2D eigenvalue weighted by Crippen LogP contribution is 2.16. The van der Waals surface area contributed by atoms with E-state index in [1.165, 1.54) is 6.08 Å². The zero-order valence-corrected chi connectivity index (χ0v) is 9.34. The second-order valence-electron chi connectivity index (χ2n) is 3.61. The average molecular weight is 223 g/mol. The average Bonchev–Trinajstić information content (AvgIpc) is 2.39. The van der Waals surface area contributed by atoms with E-state index in [1.807, 2.05) is 54.6 Å². The second kappa shape index (κ2) is 5.66. The summed E-state index contributed by atoms with van der Waals surface area (Å²) in [5.74, 6) is 0. The number of carbonyl (C=O) groups excluding carboxylic acids is 1. The molecule has 0 bridgehead atoms. The van der Waals surface area contributed by atoms with Gasteiger partial charge in [0.15, 0.2) is 0 Å². The number of para-hydroxylation sites is 1. The van der Waals surface area contributed by atoms with Gasteiger partial charge in [-0.25, -0.2) is 0 Å². The lowest BCUT2D eigenvalue weighted by molar-refractivity contribution is -0.104. The molecule has 1 N–H and O–H groups in total. The van der Waals surface area contributed by atoms with Crippen LogP contribution >= 0.6 is 0 Å². The highest BCUT2D eigenvalue weighted by molar-refractivity contribution is 5.74. The van der Waals surface area contributed by atoms with Gasteiger partial charge in [-0.15, -0.1) is 0 Å². The smallest absolute Gasteiger partial charge is 0.142 e. The Balaban J connectivity index is 2.08. The van der Waals surface area contributed by atoms with Crippen LogP contribution in [-0.2, 0) is 4.79 Å². The lowest BCUT2D eigenvalue weighted by Gasteiger charge is -2.05. The standard InChI is InChI=1S/C15H13NO/c17-12-4-5-13-8-10-15(11-9-13)16-14-6-2-1-3-7-14/h1-12,16H. The van der Waals surface area contributed by atoms with E-state index in [2.05, 4.69) is 5.32 Å². The van der Waals surface area contributed by atoms with Crippen LogP contribution in [0.4, 0.5) is 11.4 Å². The van der Waals surface area contributed by atoms with Gasteiger partial charge in [0.25, 0.3) is 0 Å². The van der Waals surface area contributed by atoms with E-state index in [4.69, 9.17) is 0 Å². The van der Waals surface area contributed by atoms with Crippen LogP contribution < -0.4 is 5.32 Å². The summed E-state index contributed by atoms with van der Waals surface area (Å²) in [7, 11) is 0. The monoisotopic (exact) mass is 223 g/mol. The van der Waals surface area contributed by atoms with Crippen molar-refractivity contribution in [2.75, 3.05) is 5.32 Å². The Morgan fingerprint density at radius 3 is 2.12 bits per heavy atom. The molecular formula is C15H13NO. The number of anilines is 2. The number of nitrogens with one attached hydrogen (secondary N) is 1. The fourth-order valence-corrected chi connectivity index (χ4v) is 1.52. The Labute approximate surface area is 101 Å². The number of allylic oxidation sites excluding steroid dienone is 1. The summed E-state index contributed by atoms with van der Waals surface area (Å²) >= 11 is 0. The van der Waals surface area contributed by atoms with Gasteiger partial charge in [0, 0.05) is 11.4 Å². The van der Waals surface area contributed by atoms with Crippen LogP contribution in [0.5, 0.6) is 0 Å². The lowest BCUT2D eigenvalue weighted by Crippen LogP contribution is -1.88. The second-order valence-corrected chi connectivity index (χ2v) is 3.61. The fraction of sp³-hybridized carbons (Fsp3) is 0. The molecule has 17 heavy (non-hydrogen) atoms. The Morgan fingerprint density at radius 1 is 0.824 bits per heavy atom. The molecule has 0 aromatic heterocycles. The van der Waals surface area contributed by atoms with Gasteiger partial charge in [0.2, 0.25) is 0 Å². The molecule has 0 radical (unpaired) electrons. The number of carbonyl (C=O) groups is 1. The molecule has 2 aromatic rings. The molecule has 0 saturated heterocycles. The van der Waals surface area contributed by atoms with Crippen LogP contribution in [0.2, 0.25) is 0 Å². The third kappa shape index (κ3) is 3.31. The molecule has 0 aliphatic carbocycles. The van der Waals surface area contributed by atoms with Gasteiger partial charge in [-0.2, -0.15) is 0 Å². The van der Waals surface area contributed by atoms with Gasteiger partial charge in [0.05, 0.1) is 0 Å². The Kier molecular flexibility index (Phi) is 3.71. The zero-order chi connectivity index (χ0) is 11.9. The first-order chi connectivity index (χ1) is 8.38. The zero-order valence-electron chi connectivity index (χ0n) is 9.34. The molecule has 2 nitrogen and oxygen atoms in total. The summed E-state index contributed by atoms with van der Waals surface area (Å²) < 4.78 is 0. The molecule has 0 amide bonds. The molecule has 0 aliphatic rings. The summed E-state index contributed by atoms with van der Waals surface area (Å²) in [6.07, 6.45) is 4.04. The van der Waals surface area contributed by atoms with Gasteiger partial charge in [-0.3, -0.25) is 4.79 Å². The van der Waals surface area contributed by atoms with Crippen molar-refractivity contribution in [1.82, 2.24) is 0 Å². The van der Waals surface area contributed by atoms with Gasteiger partial charge in [-0.05, 0) is 35.9 Å². The molecule has 2 aromatic carbocycles. The van der Waals surface area contributed by atoms with Gasteiger partial charge in [0.1, 0.15) is 6.29 Å². The maximum Gasteiger partial charge on any atom is 0.142 e. The van der Waals surface area contributed by atoms with E-state index >= 15 is 0 Å². The first-order valence-corrected chi connectivity index (χ1v) is 5.42. The molecule has 0 atom stereocenters. The van der Waals surface area contributed by atoms with Crippen LogP contribution in [0.25, 0.3) is 6.08 Å². The van der Waals surface area contributed by atoms with Crippen LogP contribution in [0.3, 0.4) is 0 Å². The van der Waals surface area contributed by atoms with E-state index in [0.29, 0.717) is 0 Å². The van der Waals surface area contributed by atoms with Gasteiger partial charge >= 0.3 is 0 Å². The third-order valence-corrected chi connectivity index (χ3v) is 2.34. The van der Waals surface area contributed by atoms with Crippen LogP contribution in [-0.4, -0.2) is 6.29 Å². The van der Waals surface area contributed by atoms with Crippen molar-refractivity contribution in [3.05, 3.63) is 66.2 Å². The molecule has 0 spiro atoms. The van der Waals surface area contributed by atoms with Crippen molar-refractivity contribution in [3.63, 3.8) is 0 Å². The molecule has 0 unspecified atom stereocenters. The Hall–Kier alpha value is -2.35. The maximum atomic E-state index is 10.2. The SMILES string of the molecule is O=CC=Cc1ccc(Nc2ccccc2)cc1. The van der Waals surface area contributed by atoms with E-state index < -0.39 is 0 Å². The Morgan fingerprint density at radius 2 is 1.47 bits per heavy atom. The van der Waals surface area contributed by atoms with Crippen molar-refractivity contribution in [2.45, 2.75) is 0 Å². The van der Waals surface area contributed by atoms with Crippen LogP contribution in [0, 0.1) is 0 Å². The summed E-state index contributed by atoms with van der Waals surface area (Å²) in [4.78, 5) is 10.2. The van der Waals surface area contributed by atoms with Crippen molar-refractivity contribution >= 4 is 23.7 Å². The fourth-order valence-electron chi connectivity index (χ4n) is 1.52.